The molecule has 0 aliphatic heterocycles. The molecule has 0 amide bonds. The summed E-state index contributed by atoms with van der Waals surface area (Å²) in [6.07, 6.45) is 2.87. The lowest BCUT2D eigenvalue weighted by Gasteiger charge is -2.19. The van der Waals surface area contributed by atoms with E-state index in [0.29, 0.717) is 6.54 Å². The number of halogens is 1. The number of hydrogen-bond donors (Lipinski definition) is 1. The van der Waals surface area contributed by atoms with Crippen molar-refractivity contribution < 1.29 is 4.39 Å². The average Bonchev–Trinajstić information content (AvgIpc) is 2.58. The first-order chi connectivity index (χ1) is 9.29. The van der Waals surface area contributed by atoms with Crippen LogP contribution in [0.1, 0.15) is 34.6 Å². The summed E-state index contributed by atoms with van der Waals surface area (Å²) < 4.78 is 13.6. The molecule has 98 valence electrons. The van der Waals surface area contributed by atoms with E-state index in [1.807, 2.05) is 6.07 Å². The van der Waals surface area contributed by atoms with Gasteiger partial charge in [0.2, 0.25) is 0 Å². The highest BCUT2D eigenvalue weighted by Crippen LogP contribution is 2.36. The third-order valence-corrected chi connectivity index (χ3v) is 4.03. The van der Waals surface area contributed by atoms with Crippen LogP contribution in [-0.2, 0) is 12.8 Å². The van der Waals surface area contributed by atoms with Crippen molar-refractivity contribution in [3.63, 3.8) is 0 Å². The Morgan fingerprint density at radius 2 is 1.74 bits per heavy atom. The normalized spacial score (nSPS) is 17.5. The zero-order valence-corrected chi connectivity index (χ0v) is 10.9. The van der Waals surface area contributed by atoms with Crippen LogP contribution in [0, 0.1) is 5.82 Å². The van der Waals surface area contributed by atoms with Gasteiger partial charge in [0.15, 0.2) is 0 Å². The van der Waals surface area contributed by atoms with Gasteiger partial charge >= 0.3 is 0 Å². The first-order valence-electron chi connectivity index (χ1n) is 6.86. The molecule has 2 aromatic carbocycles. The van der Waals surface area contributed by atoms with Crippen LogP contribution in [0.25, 0.3) is 0 Å². The summed E-state index contributed by atoms with van der Waals surface area (Å²) >= 11 is 0. The molecular formula is C17H18FN. The highest BCUT2D eigenvalue weighted by molar-refractivity contribution is 5.45. The molecule has 2 N–H and O–H groups in total. The van der Waals surface area contributed by atoms with Gasteiger partial charge < -0.3 is 5.73 Å². The lowest BCUT2D eigenvalue weighted by molar-refractivity contribution is 0.619. The van der Waals surface area contributed by atoms with Crippen molar-refractivity contribution in [3.05, 3.63) is 70.5 Å². The summed E-state index contributed by atoms with van der Waals surface area (Å²) in [7, 11) is 0. The molecule has 0 radical (unpaired) electrons. The molecule has 1 unspecified atom stereocenters. The molecule has 2 aromatic rings. The van der Waals surface area contributed by atoms with E-state index in [1.165, 1.54) is 16.7 Å². The molecule has 0 aromatic heterocycles. The molecule has 0 spiro atoms. The second kappa shape index (κ2) is 5.14. The van der Waals surface area contributed by atoms with Crippen molar-refractivity contribution in [2.24, 2.45) is 5.73 Å². The summed E-state index contributed by atoms with van der Waals surface area (Å²) in [4.78, 5) is 0. The number of rotatable bonds is 2. The minimum absolute atomic E-state index is 0.153. The Bertz CT molecular complexity index is 592. The summed E-state index contributed by atoms with van der Waals surface area (Å²) in [6, 6.07) is 13.7. The van der Waals surface area contributed by atoms with E-state index < -0.39 is 0 Å². The van der Waals surface area contributed by atoms with Crippen LogP contribution >= 0.6 is 0 Å². The van der Waals surface area contributed by atoms with Crippen LogP contribution in [0.15, 0.2) is 42.5 Å². The molecule has 0 fully saturated rings. The average molecular weight is 255 g/mol. The molecule has 1 atom stereocenters. The fraction of sp³-hybridized carbons (Fsp3) is 0.294. The van der Waals surface area contributed by atoms with Gasteiger partial charge in [0.25, 0.3) is 0 Å². The number of nitrogens with two attached hydrogens (primary N) is 1. The fourth-order valence-corrected chi connectivity index (χ4v) is 3.13. The smallest absolute Gasteiger partial charge is 0.123 e. The Morgan fingerprint density at radius 1 is 1.00 bits per heavy atom. The Morgan fingerprint density at radius 3 is 2.53 bits per heavy atom. The van der Waals surface area contributed by atoms with Crippen LogP contribution in [-0.4, -0.2) is 6.54 Å². The molecule has 2 heteroatoms. The Balaban J connectivity index is 2.16. The molecule has 0 heterocycles. The van der Waals surface area contributed by atoms with Gasteiger partial charge in [-0.05, 0) is 60.2 Å². The van der Waals surface area contributed by atoms with Gasteiger partial charge in [-0.3, -0.25) is 0 Å². The third kappa shape index (κ3) is 2.28. The third-order valence-electron chi connectivity index (χ3n) is 4.03. The van der Waals surface area contributed by atoms with E-state index >= 15 is 0 Å². The standard InChI is InChI=1S/C17H18FN/c18-14-8-7-13-6-5-12-3-1-2-4-15(12)16(9-10-19)17(13)11-14/h1-4,7-8,11,16H,5-6,9-10,19H2. The van der Waals surface area contributed by atoms with Gasteiger partial charge in [0, 0.05) is 5.92 Å². The topological polar surface area (TPSA) is 26.0 Å². The van der Waals surface area contributed by atoms with Crippen LogP contribution in [0.2, 0.25) is 0 Å². The highest BCUT2D eigenvalue weighted by Gasteiger charge is 2.23. The molecule has 0 saturated heterocycles. The maximum atomic E-state index is 13.6. The predicted molar refractivity (Wildman–Crippen MR) is 75.8 cm³/mol. The zero-order valence-electron chi connectivity index (χ0n) is 10.9. The molecule has 19 heavy (non-hydrogen) atoms. The van der Waals surface area contributed by atoms with E-state index in [2.05, 4.69) is 24.3 Å². The maximum Gasteiger partial charge on any atom is 0.123 e. The minimum atomic E-state index is -0.153. The van der Waals surface area contributed by atoms with Crippen LogP contribution < -0.4 is 5.73 Å². The fourth-order valence-electron chi connectivity index (χ4n) is 3.13. The lowest BCUT2D eigenvalue weighted by atomic mass is 9.85. The molecule has 1 aliphatic carbocycles. The molecule has 1 aliphatic rings. The van der Waals surface area contributed by atoms with Crippen LogP contribution in [0.3, 0.4) is 0 Å². The van der Waals surface area contributed by atoms with Crippen molar-refractivity contribution in [3.8, 4) is 0 Å². The SMILES string of the molecule is NCCC1c2ccccc2CCc2ccc(F)cc21. The molecule has 3 rings (SSSR count). The molecule has 0 bridgehead atoms. The molecule has 1 nitrogen and oxygen atoms in total. The number of hydrogen-bond acceptors (Lipinski definition) is 1. The zero-order chi connectivity index (χ0) is 13.2. The predicted octanol–water partition coefficient (Wildman–Crippen LogP) is 3.41. The van der Waals surface area contributed by atoms with E-state index in [-0.39, 0.29) is 11.7 Å². The van der Waals surface area contributed by atoms with E-state index in [9.17, 15) is 4.39 Å². The van der Waals surface area contributed by atoms with Crippen LogP contribution in [0.4, 0.5) is 4.39 Å². The first-order valence-corrected chi connectivity index (χ1v) is 6.86. The van der Waals surface area contributed by atoms with Crippen molar-refractivity contribution in [2.75, 3.05) is 6.54 Å². The number of fused-ring (bicyclic) bond motifs is 2. The van der Waals surface area contributed by atoms with Crippen LogP contribution in [0.5, 0.6) is 0 Å². The Labute approximate surface area is 113 Å². The molecule has 0 saturated carbocycles. The quantitative estimate of drug-likeness (QED) is 0.874. The van der Waals surface area contributed by atoms with Crippen molar-refractivity contribution in [1.29, 1.82) is 0 Å². The van der Waals surface area contributed by atoms with Gasteiger partial charge in [0.1, 0.15) is 5.82 Å². The van der Waals surface area contributed by atoms with Crippen molar-refractivity contribution in [2.45, 2.75) is 25.2 Å². The lowest BCUT2D eigenvalue weighted by Crippen LogP contribution is -2.10. The second-order valence-electron chi connectivity index (χ2n) is 5.17. The van der Waals surface area contributed by atoms with E-state index in [4.69, 9.17) is 5.73 Å². The maximum absolute atomic E-state index is 13.6. The van der Waals surface area contributed by atoms with Crippen molar-refractivity contribution in [1.82, 2.24) is 0 Å². The summed E-state index contributed by atoms with van der Waals surface area (Å²) in [6.45, 7) is 0.620. The highest BCUT2D eigenvalue weighted by atomic mass is 19.1. The minimum Gasteiger partial charge on any atom is -0.330 e. The Hall–Kier alpha value is -1.67. The van der Waals surface area contributed by atoms with Gasteiger partial charge in [-0.15, -0.1) is 0 Å². The number of benzene rings is 2. The second-order valence-corrected chi connectivity index (χ2v) is 5.17. The van der Waals surface area contributed by atoms with E-state index in [1.54, 1.807) is 12.1 Å². The van der Waals surface area contributed by atoms with Gasteiger partial charge in [-0.2, -0.15) is 0 Å². The summed E-state index contributed by atoms with van der Waals surface area (Å²) in [5.41, 5.74) is 10.8. The van der Waals surface area contributed by atoms with Gasteiger partial charge in [-0.1, -0.05) is 30.3 Å². The Kier molecular flexibility index (Phi) is 3.34. The van der Waals surface area contributed by atoms with Crippen molar-refractivity contribution >= 4 is 0 Å². The van der Waals surface area contributed by atoms with Gasteiger partial charge in [-0.25, -0.2) is 4.39 Å². The summed E-state index contributed by atoms with van der Waals surface area (Å²) in [5.74, 6) is 0.0783. The van der Waals surface area contributed by atoms with Gasteiger partial charge in [0.05, 0.1) is 0 Å². The molecular weight excluding hydrogens is 237 g/mol. The largest absolute Gasteiger partial charge is 0.330 e. The first kappa shape index (κ1) is 12.4. The van der Waals surface area contributed by atoms with E-state index in [0.717, 1.165) is 24.8 Å². The summed E-state index contributed by atoms with van der Waals surface area (Å²) in [5, 5.41) is 0. The monoisotopic (exact) mass is 255 g/mol. The number of aryl methyl sites for hydroxylation is 2.